The molecule has 2 aromatic rings. The van der Waals surface area contributed by atoms with Crippen molar-refractivity contribution in [1.82, 2.24) is 14.9 Å². The monoisotopic (exact) mass is 375 g/mol. The molecule has 6 nitrogen and oxygen atoms in total. The first-order valence-electron chi connectivity index (χ1n) is 8.90. The number of fused-ring (bicyclic) bond motifs is 1. The van der Waals surface area contributed by atoms with E-state index in [2.05, 4.69) is 9.97 Å². The lowest BCUT2D eigenvalue weighted by molar-refractivity contribution is 0.0176. The number of benzene rings is 1. The number of piperidine rings is 1. The van der Waals surface area contributed by atoms with Gasteiger partial charge in [0.2, 0.25) is 0 Å². The molecule has 1 aliphatic rings. The van der Waals surface area contributed by atoms with Gasteiger partial charge in [-0.3, -0.25) is 9.19 Å². The third-order valence-corrected chi connectivity index (χ3v) is 5.65. The number of aromatic nitrogens is 2. The molecule has 1 aromatic carbocycles. The summed E-state index contributed by atoms with van der Waals surface area (Å²) in [6.45, 7) is 6.84. The zero-order valence-corrected chi connectivity index (χ0v) is 16.3. The second kappa shape index (κ2) is 7.70. The smallest absolute Gasteiger partial charge is 0.410 e. The number of para-hydroxylation sites is 2. The molecule has 140 valence electrons. The van der Waals surface area contributed by atoms with Crippen molar-refractivity contribution in [2.75, 3.05) is 18.8 Å². The number of rotatable bonds is 3. The average molecular weight is 375 g/mol. The van der Waals surface area contributed by atoms with Crippen molar-refractivity contribution in [2.24, 2.45) is 5.92 Å². The molecule has 0 aliphatic carbocycles. The normalized spacial score (nSPS) is 19.3. The van der Waals surface area contributed by atoms with E-state index in [0.29, 0.717) is 23.9 Å². The fourth-order valence-electron chi connectivity index (χ4n) is 3.04. The lowest BCUT2D eigenvalue weighted by Crippen LogP contribution is -2.44. The standard InChI is InChI=1S/C19H25N3O3S/c1-19(2,3)25-18(23)22-10-6-7-14(12-22)13-26(24)17-11-20-15-8-4-5-9-16(15)21-17/h4-5,8-9,11,14H,6-7,10,12-13H2,1-3H3/t14-,26-/m0/s1. The predicted molar refractivity (Wildman–Crippen MR) is 101 cm³/mol. The number of ether oxygens (including phenoxy) is 1. The van der Waals surface area contributed by atoms with Gasteiger partial charge in [-0.25, -0.2) is 9.78 Å². The van der Waals surface area contributed by atoms with E-state index < -0.39 is 16.4 Å². The summed E-state index contributed by atoms with van der Waals surface area (Å²) < 4.78 is 18.2. The fraction of sp³-hybridized carbons (Fsp3) is 0.526. The summed E-state index contributed by atoms with van der Waals surface area (Å²) in [7, 11) is -1.24. The zero-order chi connectivity index (χ0) is 18.7. The minimum atomic E-state index is -1.24. The lowest BCUT2D eigenvalue weighted by Gasteiger charge is -2.33. The number of likely N-dealkylation sites (tertiary alicyclic amines) is 1. The topological polar surface area (TPSA) is 72.4 Å². The molecule has 1 amide bonds. The Balaban J connectivity index is 1.63. The second-order valence-electron chi connectivity index (χ2n) is 7.64. The van der Waals surface area contributed by atoms with Gasteiger partial charge in [-0.05, 0) is 51.7 Å². The Morgan fingerprint density at radius 3 is 2.77 bits per heavy atom. The summed E-state index contributed by atoms with van der Waals surface area (Å²) in [4.78, 5) is 22.8. The van der Waals surface area contributed by atoms with Gasteiger partial charge >= 0.3 is 6.09 Å². The van der Waals surface area contributed by atoms with E-state index >= 15 is 0 Å². The molecule has 2 heterocycles. The number of hydrogen-bond donors (Lipinski definition) is 0. The SMILES string of the molecule is CC(C)(C)OC(=O)N1CCC[C@H](C[S@](=O)c2cnc3ccccc3n2)C1. The molecule has 2 atom stereocenters. The van der Waals surface area contributed by atoms with Gasteiger partial charge in [0, 0.05) is 18.8 Å². The molecule has 0 saturated carbocycles. The van der Waals surface area contributed by atoms with Crippen LogP contribution in [0.5, 0.6) is 0 Å². The van der Waals surface area contributed by atoms with Crippen LogP contribution < -0.4 is 0 Å². The Morgan fingerprint density at radius 2 is 2.04 bits per heavy atom. The van der Waals surface area contributed by atoms with Gasteiger partial charge in [-0.1, -0.05) is 12.1 Å². The summed E-state index contributed by atoms with van der Waals surface area (Å²) in [5, 5.41) is 0.498. The molecule has 1 saturated heterocycles. The Hall–Kier alpha value is -2.02. The van der Waals surface area contributed by atoms with Crippen LogP contribution in [0.1, 0.15) is 33.6 Å². The number of carbonyl (C=O) groups excluding carboxylic acids is 1. The maximum atomic E-state index is 12.7. The van der Waals surface area contributed by atoms with Crippen molar-refractivity contribution < 1.29 is 13.7 Å². The first-order valence-corrected chi connectivity index (χ1v) is 10.2. The van der Waals surface area contributed by atoms with Crippen LogP contribution in [0.4, 0.5) is 4.79 Å². The molecule has 26 heavy (non-hydrogen) atoms. The van der Waals surface area contributed by atoms with Crippen molar-refractivity contribution in [3.8, 4) is 0 Å². The summed E-state index contributed by atoms with van der Waals surface area (Å²) in [6, 6.07) is 7.55. The number of amides is 1. The van der Waals surface area contributed by atoms with Crippen LogP contribution in [-0.2, 0) is 15.5 Å². The molecular weight excluding hydrogens is 350 g/mol. The van der Waals surface area contributed by atoms with E-state index in [-0.39, 0.29) is 12.0 Å². The molecule has 3 rings (SSSR count). The quantitative estimate of drug-likeness (QED) is 0.822. The molecule has 1 aromatic heterocycles. The van der Waals surface area contributed by atoms with Crippen LogP contribution >= 0.6 is 0 Å². The predicted octanol–water partition coefficient (Wildman–Crippen LogP) is 3.38. The first-order chi connectivity index (χ1) is 12.3. The Labute approximate surface area is 156 Å². The molecule has 0 radical (unpaired) electrons. The van der Waals surface area contributed by atoms with Gasteiger partial charge in [0.15, 0.2) is 0 Å². The van der Waals surface area contributed by atoms with Crippen molar-refractivity contribution in [3.05, 3.63) is 30.5 Å². The minimum absolute atomic E-state index is 0.172. The van der Waals surface area contributed by atoms with Gasteiger partial charge in [0.05, 0.1) is 28.0 Å². The minimum Gasteiger partial charge on any atom is -0.444 e. The maximum absolute atomic E-state index is 12.7. The second-order valence-corrected chi connectivity index (χ2v) is 9.09. The van der Waals surface area contributed by atoms with Gasteiger partial charge in [0.1, 0.15) is 10.6 Å². The summed E-state index contributed by atoms with van der Waals surface area (Å²) >= 11 is 0. The Kier molecular flexibility index (Phi) is 5.55. The molecular formula is C19H25N3O3S. The third kappa shape index (κ3) is 4.78. The fourth-order valence-corrected chi connectivity index (χ4v) is 4.28. The first kappa shape index (κ1) is 18.8. The highest BCUT2D eigenvalue weighted by molar-refractivity contribution is 7.84. The molecule has 0 N–H and O–H groups in total. The number of nitrogens with zero attached hydrogens (tertiary/aromatic N) is 3. The van der Waals surface area contributed by atoms with Crippen LogP contribution in [0.25, 0.3) is 11.0 Å². The van der Waals surface area contributed by atoms with E-state index in [9.17, 15) is 9.00 Å². The van der Waals surface area contributed by atoms with Crippen LogP contribution in [-0.4, -0.2) is 49.6 Å². The van der Waals surface area contributed by atoms with Gasteiger partial charge in [-0.15, -0.1) is 0 Å². The van der Waals surface area contributed by atoms with Gasteiger partial charge in [-0.2, -0.15) is 0 Å². The lowest BCUT2D eigenvalue weighted by atomic mass is 10.0. The number of hydrogen-bond acceptors (Lipinski definition) is 5. The Bertz CT molecular complexity index is 819. The summed E-state index contributed by atoms with van der Waals surface area (Å²) in [5.74, 6) is 0.650. The molecule has 0 spiro atoms. The maximum Gasteiger partial charge on any atom is 0.410 e. The zero-order valence-electron chi connectivity index (χ0n) is 15.5. The largest absolute Gasteiger partial charge is 0.444 e. The molecule has 1 aliphatic heterocycles. The van der Waals surface area contributed by atoms with E-state index in [1.807, 2.05) is 45.0 Å². The molecule has 0 unspecified atom stereocenters. The van der Waals surface area contributed by atoms with Crippen molar-refractivity contribution in [1.29, 1.82) is 0 Å². The Morgan fingerprint density at radius 1 is 1.31 bits per heavy atom. The third-order valence-electron chi connectivity index (χ3n) is 4.22. The summed E-state index contributed by atoms with van der Waals surface area (Å²) in [6.07, 6.45) is 3.14. The van der Waals surface area contributed by atoms with E-state index in [0.717, 1.165) is 23.9 Å². The van der Waals surface area contributed by atoms with Crippen molar-refractivity contribution in [3.63, 3.8) is 0 Å². The molecule has 0 bridgehead atoms. The highest BCUT2D eigenvalue weighted by atomic mass is 32.2. The van der Waals surface area contributed by atoms with Crippen molar-refractivity contribution in [2.45, 2.75) is 44.2 Å². The highest BCUT2D eigenvalue weighted by Crippen LogP contribution is 2.22. The van der Waals surface area contributed by atoms with Gasteiger partial charge < -0.3 is 9.64 Å². The van der Waals surface area contributed by atoms with E-state index in [4.69, 9.17) is 4.74 Å². The van der Waals surface area contributed by atoms with Crippen molar-refractivity contribution >= 4 is 27.9 Å². The van der Waals surface area contributed by atoms with Crippen LogP contribution in [0.3, 0.4) is 0 Å². The molecule has 7 heteroatoms. The summed E-state index contributed by atoms with van der Waals surface area (Å²) in [5.41, 5.74) is 1.03. The van der Waals surface area contributed by atoms with Crippen LogP contribution in [0.15, 0.2) is 35.5 Å². The average Bonchev–Trinajstić information content (AvgIpc) is 2.60. The highest BCUT2D eigenvalue weighted by Gasteiger charge is 2.28. The van der Waals surface area contributed by atoms with E-state index in [1.165, 1.54) is 0 Å². The van der Waals surface area contributed by atoms with Crippen LogP contribution in [0, 0.1) is 5.92 Å². The number of carbonyl (C=O) groups is 1. The van der Waals surface area contributed by atoms with Gasteiger partial charge in [0.25, 0.3) is 0 Å². The molecule has 1 fully saturated rings. The van der Waals surface area contributed by atoms with E-state index in [1.54, 1.807) is 11.1 Å². The van der Waals surface area contributed by atoms with Crippen LogP contribution in [0.2, 0.25) is 0 Å².